The first kappa shape index (κ1) is 9.44. The van der Waals surface area contributed by atoms with E-state index >= 15 is 0 Å². The highest BCUT2D eigenvalue weighted by atomic mass is 16.5. The van der Waals surface area contributed by atoms with Gasteiger partial charge in [-0.3, -0.25) is 4.79 Å². The molecule has 5 nitrogen and oxygen atoms in total. The molecular weight excluding hydrogens is 172 g/mol. The second kappa shape index (κ2) is 3.84. The molecule has 13 heavy (non-hydrogen) atoms. The van der Waals surface area contributed by atoms with Crippen LogP contribution in [0.5, 0.6) is 5.88 Å². The highest BCUT2D eigenvalue weighted by Crippen LogP contribution is 2.16. The first-order valence-corrected chi connectivity index (χ1v) is 3.71. The summed E-state index contributed by atoms with van der Waals surface area (Å²) in [6.07, 6.45) is 1.23. The van der Waals surface area contributed by atoms with Crippen molar-refractivity contribution in [2.75, 3.05) is 7.11 Å². The summed E-state index contributed by atoms with van der Waals surface area (Å²) in [7, 11) is 1.45. The van der Waals surface area contributed by atoms with E-state index in [1.165, 1.54) is 13.4 Å². The van der Waals surface area contributed by atoms with Crippen molar-refractivity contribution in [3.63, 3.8) is 0 Å². The molecule has 0 saturated carbocycles. The Morgan fingerprint density at radius 1 is 1.62 bits per heavy atom. The average Bonchev–Trinajstić information content (AvgIpc) is 2.08. The molecule has 0 amide bonds. The molecule has 1 aromatic heterocycles. The number of aryl methyl sites for hydroxylation is 1. The Kier molecular flexibility index (Phi) is 2.79. The molecule has 0 aliphatic rings. The van der Waals surface area contributed by atoms with Crippen LogP contribution in [-0.4, -0.2) is 28.2 Å². The molecular formula is C8H10N2O3. The molecule has 1 N–H and O–H groups in total. The predicted octanol–water partition coefficient (Wildman–Crippen LogP) is 0.421. The Morgan fingerprint density at radius 3 is 2.85 bits per heavy atom. The van der Waals surface area contributed by atoms with E-state index in [-0.39, 0.29) is 6.42 Å². The molecule has 0 fully saturated rings. The topological polar surface area (TPSA) is 72.3 Å². The molecule has 0 atom stereocenters. The predicted molar refractivity (Wildman–Crippen MR) is 44.7 cm³/mol. The average molecular weight is 182 g/mol. The number of aromatic nitrogens is 2. The number of hydrogen-bond acceptors (Lipinski definition) is 4. The van der Waals surface area contributed by atoms with Gasteiger partial charge in [0.25, 0.3) is 0 Å². The van der Waals surface area contributed by atoms with E-state index in [4.69, 9.17) is 9.84 Å². The molecule has 0 aliphatic heterocycles. The van der Waals surface area contributed by atoms with E-state index in [9.17, 15) is 4.79 Å². The molecule has 0 radical (unpaired) electrons. The molecule has 70 valence electrons. The molecule has 0 spiro atoms. The fourth-order valence-corrected chi connectivity index (χ4v) is 1.01. The third-order valence-corrected chi connectivity index (χ3v) is 1.64. The van der Waals surface area contributed by atoms with E-state index < -0.39 is 5.97 Å². The molecule has 1 rings (SSSR count). The van der Waals surface area contributed by atoms with Gasteiger partial charge in [-0.2, -0.15) is 0 Å². The van der Waals surface area contributed by atoms with Crippen molar-refractivity contribution in [3.05, 3.63) is 17.6 Å². The van der Waals surface area contributed by atoms with Gasteiger partial charge in [0.2, 0.25) is 5.88 Å². The van der Waals surface area contributed by atoms with E-state index in [0.29, 0.717) is 17.1 Å². The summed E-state index contributed by atoms with van der Waals surface area (Å²) in [6.45, 7) is 1.72. The molecule has 5 heteroatoms. The normalized spacial score (nSPS) is 9.69. The standard InChI is InChI=1S/C8H10N2O3/c1-5-6(3-7(11)12)8(13-2)10-4-9-5/h4H,3H2,1-2H3,(H,11,12). The molecule has 0 bridgehead atoms. The number of carbonyl (C=O) groups is 1. The quantitative estimate of drug-likeness (QED) is 0.733. The number of ether oxygens (including phenoxy) is 1. The second-order valence-electron chi connectivity index (χ2n) is 2.52. The molecule has 0 saturated heterocycles. The highest BCUT2D eigenvalue weighted by molar-refractivity contribution is 5.71. The maximum atomic E-state index is 10.5. The number of carboxylic acids is 1. The minimum atomic E-state index is -0.920. The lowest BCUT2D eigenvalue weighted by atomic mass is 10.2. The van der Waals surface area contributed by atoms with Crippen LogP contribution in [0.25, 0.3) is 0 Å². The van der Waals surface area contributed by atoms with E-state index in [1.807, 2.05) is 0 Å². The van der Waals surface area contributed by atoms with Crippen LogP contribution in [0.3, 0.4) is 0 Å². The lowest BCUT2D eigenvalue weighted by Gasteiger charge is -2.06. The number of methoxy groups -OCH3 is 1. The van der Waals surface area contributed by atoms with Gasteiger partial charge in [-0.1, -0.05) is 0 Å². The summed E-state index contributed by atoms with van der Waals surface area (Å²) >= 11 is 0. The van der Waals surface area contributed by atoms with E-state index in [1.54, 1.807) is 6.92 Å². The Balaban J connectivity index is 3.07. The monoisotopic (exact) mass is 182 g/mol. The maximum Gasteiger partial charge on any atom is 0.308 e. The van der Waals surface area contributed by atoms with Gasteiger partial charge in [0.1, 0.15) is 6.33 Å². The third-order valence-electron chi connectivity index (χ3n) is 1.64. The molecule has 0 unspecified atom stereocenters. The number of carboxylic acid groups (broad SMARTS) is 1. The summed E-state index contributed by atoms with van der Waals surface area (Å²) in [5.74, 6) is -0.592. The van der Waals surface area contributed by atoms with Gasteiger partial charge >= 0.3 is 5.97 Å². The van der Waals surface area contributed by atoms with Crippen LogP contribution in [0.1, 0.15) is 11.3 Å². The van der Waals surface area contributed by atoms with Gasteiger partial charge in [-0.05, 0) is 6.92 Å². The summed E-state index contributed by atoms with van der Waals surface area (Å²) in [4.78, 5) is 18.2. The van der Waals surface area contributed by atoms with Crippen molar-refractivity contribution in [1.82, 2.24) is 9.97 Å². The summed E-state index contributed by atoms with van der Waals surface area (Å²) in [6, 6.07) is 0. The summed E-state index contributed by atoms with van der Waals surface area (Å²) < 4.78 is 4.91. The molecule has 0 aliphatic carbocycles. The lowest BCUT2D eigenvalue weighted by molar-refractivity contribution is -0.136. The Labute approximate surface area is 75.4 Å². The van der Waals surface area contributed by atoms with Crippen LogP contribution in [0.4, 0.5) is 0 Å². The van der Waals surface area contributed by atoms with Crippen molar-refractivity contribution in [1.29, 1.82) is 0 Å². The molecule has 1 heterocycles. The van der Waals surface area contributed by atoms with Crippen LogP contribution < -0.4 is 4.74 Å². The van der Waals surface area contributed by atoms with Crippen molar-refractivity contribution in [2.45, 2.75) is 13.3 Å². The SMILES string of the molecule is COc1ncnc(C)c1CC(=O)O. The maximum absolute atomic E-state index is 10.5. The number of aliphatic carboxylic acids is 1. The zero-order chi connectivity index (χ0) is 9.84. The Morgan fingerprint density at radius 2 is 2.31 bits per heavy atom. The van der Waals surface area contributed by atoms with Crippen LogP contribution in [0.2, 0.25) is 0 Å². The second-order valence-corrected chi connectivity index (χ2v) is 2.52. The van der Waals surface area contributed by atoms with Crippen molar-refractivity contribution in [3.8, 4) is 5.88 Å². The smallest absolute Gasteiger partial charge is 0.308 e. The molecule has 0 aromatic carbocycles. The van der Waals surface area contributed by atoms with Crippen LogP contribution in [-0.2, 0) is 11.2 Å². The van der Waals surface area contributed by atoms with Gasteiger partial charge < -0.3 is 9.84 Å². The van der Waals surface area contributed by atoms with Crippen molar-refractivity contribution < 1.29 is 14.6 Å². The minimum Gasteiger partial charge on any atom is -0.481 e. The van der Waals surface area contributed by atoms with Gasteiger partial charge in [-0.25, -0.2) is 9.97 Å². The summed E-state index contributed by atoms with van der Waals surface area (Å²) in [5, 5.41) is 8.60. The van der Waals surface area contributed by atoms with E-state index in [2.05, 4.69) is 9.97 Å². The summed E-state index contributed by atoms with van der Waals surface area (Å²) in [5.41, 5.74) is 1.16. The third kappa shape index (κ3) is 2.14. The molecule has 1 aromatic rings. The highest BCUT2D eigenvalue weighted by Gasteiger charge is 2.11. The number of hydrogen-bond donors (Lipinski definition) is 1. The van der Waals surface area contributed by atoms with Gasteiger partial charge in [0, 0.05) is 11.3 Å². The van der Waals surface area contributed by atoms with Gasteiger partial charge in [0.15, 0.2) is 0 Å². The zero-order valence-corrected chi connectivity index (χ0v) is 7.44. The van der Waals surface area contributed by atoms with Crippen LogP contribution in [0.15, 0.2) is 6.33 Å². The largest absolute Gasteiger partial charge is 0.481 e. The Hall–Kier alpha value is -1.65. The first-order valence-electron chi connectivity index (χ1n) is 3.71. The number of nitrogens with zero attached hydrogens (tertiary/aromatic N) is 2. The minimum absolute atomic E-state index is 0.115. The van der Waals surface area contributed by atoms with Gasteiger partial charge in [0.05, 0.1) is 13.5 Å². The Bertz CT molecular complexity index is 325. The van der Waals surface area contributed by atoms with E-state index in [0.717, 1.165) is 0 Å². The van der Waals surface area contributed by atoms with Crippen molar-refractivity contribution in [2.24, 2.45) is 0 Å². The lowest BCUT2D eigenvalue weighted by Crippen LogP contribution is -2.06. The van der Waals surface area contributed by atoms with Crippen molar-refractivity contribution >= 4 is 5.97 Å². The number of rotatable bonds is 3. The fourth-order valence-electron chi connectivity index (χ4n) is 1.01. The van der Waals surface area contributed by atoms with Crippen LogP contribution >= 0.6 is 0 Å². The van der Waals surface area contributed by atoms with Gasteiger partial charge in [-0.15, -0.1) is 0 Å². The zero-order valence-electron chi connectivity index (χ0n) is 7.44. The first-order chi connectivity index (χ1) is 6.15. The van der Waals surface area contributed by atoms with Crippen LogP contribution in [0, 0.1) is 6.92 Å². The fraction of sp³-hybridized carbons (Fsp3) is 0.375.